The van der Waals surface area contributed by atoms with Gasteiger partial charge in [-0.15, -0.1) is 5.10 Å². The number of hydrogen-bond acceptors (Lipinski definition) is 3. The van der Waals surface area contributed by atoms with Crippen LogP contribution in [-0.4, -0.2) is 20.9 Å². The standard InChI is InChI=1S/C18H20N4O/c1-3-9-22-17-8-7-15(11-16(17)20-21-22)18(23)19-12-14-6-4-5-13(2)10-14/h4-8,10-11H,3,9,12H2,1-2H3,(H,19,23). The van der Waals surface area contributed by atoms with Crippen LogP contribution >= 0.6 is 0 Å². The minimum atomic E-state index is -0.0987. The van der Waals surface area contributed by atoms with Crippen molar-refractivity contribution in [3.8, 4) is 0 Å². The minimum absolute atomic E-state index is 0.0987. The summed E-state index contributed by atoms with van der Waals surface area (Å²) in [6, 6.07) is 13.6. The van der Waals surface area contributed by atoms with Gasteiger partial charge in [-0.3, -0.25) is 4.79 Å². The molecule has 1 amide bonds. The third-order valence-corrected chi connectivity index (χ3v) is 3.75. The van der Waals surface area contributed by atoms with Gasteiger partial charge in [0, 0.05) is 18.7 Å². The van der Waals surface area contributed by atoms with Crippen LogP contribution in [0.4, 0.5) is 0 Å². The fourth-order valence-corrected chi connectivity index (χ4v) is 2.60. The van der Waals surface area contributed by atoms with Gasteiger partial charge in [0.1, 0.15) is 5.52 Å². The number of benzene rings is 2. The van der Waals surface area contributed by atoms with Crippen LogP contribution in [0.1, 0.15) is 34.8 Å². The number of nitrogens with one attached hydrogen (secondary N) is 1. The summed E-state index contributed by atoms with van der Waals surface area (Å²) in [5, 5.41) is 11.2. The Balaban J connectivity index is 1.73. The van der Waals surface area contributed by atoms with Crippen molar-refractivity contribution in [3.05, 3.63) is 59.2 Å². The highest BCUT2D eigenvalue weighted by Crippen LogP contribution is 2.14. The Morgan fingerprint density at radius 3 is 2.87 bits per heavy atom. The molecule has 0 saturated heterocycles. The van der Waals surface area contributed by atoms with Crippen molar-refractivity contribution in [1.29, 1.82) is 0 Å². The highest BCUT2D eigenvalue weighted by molar-refractivity contribution is 5.97. The summed E-state index contributed by atoms with van der Waals surface area (Å²) >= 11 is 0. The molecule has 1 N–H and O–H groups in total. The number of nitrogens with zero attached hydrogens (tertiary/aromatic N) is 3. The minimum Gasteiger partial charge on any atom is -0.348 e. The number of rotatable bonds is 5. The number of carbonyl (C=O) groups excluding carboxylic acids is 1. The third kappa shape index (κ3) is 3.39. The SMILES string of the molecule is CCCn1nnc2cc(C(=O)NCc3cccc(C)c3)ccc21. The van der Waals surface area contributed by atoms with Gasteiger partial charge < -0.3 is 5.32 Å². The number of aromatic nitrogens is 3. The lowest BCUT2D eigenvalue weighted by Gasteiger charge is -2.06. The largest absolute Gasteiger partial charge is 0.348 e. The molecular formula is C18H20N4O. The van der Waals surface area contributed by atoms with Crippen molar-refractivity contribution in [2.45, 2.75) is 33.4 Å². The maximum atomic E-state index is 12.3. The Kier molecular flexibility index (Phi) is 4.37. The Morgan fingerprint density at radius 2 is 2.09 bits per heavy atom. The summed E-state index contributed by atoms with van der Waals surface area (Å²) in [5.74, 6) is -0.0987. The lowest BCUT2D eigenvalue weighted by molar-refractivity contribution is 0.0951. The van der Waals surface area contributed by atoms with Gasteiger partial charge in [-0.1, -0.05) is 42.0 Å². The molecule has 2 aromatic carbocycles. The Morgan fingerprint density at radius 1 is 1.22 bits per heavy atom. The van der Waals surface area contributed by atoms with Gasteiger partial charge in [0.2, 0.25) is 0 Å². The highest BCUT2D eigenvalue weighted by atomic mass is 16.1. The Hall–Kier alpha value is -2.69. The maximum absolute atomic E-state index is 12.3. The zero-order valence-corrected chi connectivity index (χ0v) is 13.4. The lowest BCUT2D eigenvalue weighted by atomic mass is 10.1. The van der Waals surface area contributed by atoms with Gasteiger partial charge in [0.05, 0.1) is 5.52 Å². The number of aryl methyl sites for hydroxylation is 2. The molecule has 118 valence electrons. The number of carbonyl (C=O) groups is 1. The van der Waals surface area contributed by atoms with Crippen LogP contribution in [0.3, 0.4) is 0 Å². The van der Waals surface area contributed by atoms with Crippen molar-refractivity contribution < 1.29 is 4.79 Å². The molecule has 1 heterocycles. The van der Waals surface area contributed by atoms with Crippen molar-refractivity contribution in [2.75, 3.05) is 0 Å². The third-order valence-electron chi connectivity index (χ3n) is 3.75. The molecule has 0 fully saturated rings. The smallest absolute Gasteiger partial charge is 0.251 e. The number of fused-ring (bicyclic) bond motifs is 1. The topological polar surface area (TPSA) is 59.8 Å². The Labute approximate surface area is 135 Å². The second-order valence-corrected chi connectivity index (χ2v) is 5.69. The van der Waals surface area contributed by atoms with E-state index in [0.29, 0.717) is 12.1 Å². The first kappa shape index (κ1) is 15.2. The summed E-state index contributed by atoms with van der Waals surface area (Å²) in [6.45, 7) is 5.48. The molecule has 23 heavy (non-hydrogen) atoms. The molecule has 5 heteroatoms. The zero-order valence-electron chi connectivity index (χ0n) is 13.4. The van der Waals surface area contributed by atoms with Crippen molar-refractivity contribution in [3.63, 3.8) is 0 Å². The van der Waals surface area contributed by atoms with Gasteiger partial charge in [-0.25, -0.2) is 4.68 Å². The van der Waals surface area contributed by atoms with Crippen LogP contribution in [-0.2, 0) is 13.1 Å². The molecule has 0 spiro atoms. The predicted octanol–water partition coefficient (Wildman–Crippen LogP) is 3.08. The molecule has 0 radical (unpaired) electrons. The van der Waals surface area contributed by atoms with E-state index < -0.39 is 0 Å². The molecule has 0 atom stereocenters. The second kappa shape index (κ2) is 6.60. The van der Waals surface area contributed by atoms with E-state index in [1.165, 1.54) is 5.56 Å². The molecule has 0 aliphatic carbocycles. The second-order valence-electron chi connectivity index (χ2n) is 5.69. The summed E-state index contributed by atoms with van der Waals surface area (Å²) in [5.41, 5.74) is 4.59. The van der Waals surface area contributed by atoms with Gasteiger partial charge in [0.25, 0.3) is 5.91 Å². The van der Waals surface area contributed by atoms with Crippen LogP contribution in [0, 0.1) is 6.92 Å². The molecule has 0 saturated carbocycles. The molecule has 3 rings (SSSR count). The zero-order chi connectivity index (χ0) is 16.2. The quantitative estimate of drug-likeness (QED) is 0.788. The van der Waals surface area contributed by atoms with Crippen LogP contribution < -0.4 is 5.32 Å². The Bertz CT molecular complexity index is 838. The molecule has 5 nitrogen and oxygen atoms in total. The first-order chi connectivity index (χ1) is 11.2. The van der Waals surface area contributed by atoms with Gasteiger partial charge >= 0.3 is 0 Å². The van der Waals surface area contributed by atoms with Crippen molar-refractivity contribution in [2.24, 2.45) is 0 Å². The average molecular weight is 308 g/mol. The first-order valence-electron chi connectivity index (χ1n) is 7.84. The molecule has 0 unspecified atom stereocenters. The molecule has 3 aromatic rings. The molecule has 1 aromatic heterocycles. The van der Waals surface area contributed by atoms with E-state index in [2.05, 4.69) is 28.6 Å². The molecule has 0 aliphatic rings. The van der Waals surface area contributed by atoms with E-state index in [0.717, 1.165) is 29.6 Å². The van der Waals surface area contributed by atoms with Crippen molar-refractivity contribution >= 4 is 16.9 Å². The van der Waals surface area contributed by atoms with E-state index in [4.69, 9.17) is 0 Å². The van der Waals surface area contributed by atoms with Crippen molar-refractivity contribution in [1.82, 2.24) is 20.3 Å². The molecule has 0 aliphatic heterocycles. The fourth-order valence-electron chi connectivity index (χ4n) is 2.60. The van der Waals surface area contributed by atoms with E-state index in [9.17, 15) is 4.79 Å². The number of amides is 1. The molecule has 0 bridgehead atoms. The summed E-state index contributed by atoms with van der Waals surface area (Å²) in [7, 11) is 0. The van der Waals surface area contributed by atoms with Crippen LogP contribution in [0.15, 0.2) is 42.5 Å². The summed E-state index contributed by atoms with van der Waals surface area (Å²) in [6.07, 6.45) is 0.997. The lowest BCUT2D eigenvalue weighted by Crippen LogP contribution is -2.22. The first-order valence-corrected chi connectivity index (χ1v) is 7.84. The monoisotopic (exact) mass is 308 g/mol. The summed E-state index contributed by atoms with van der Waals surface area (Å²) in [4.78, 5) is 12.3. The van der Waals surface area contributed by atoms with Gasteiger partial charge in [-0.05, 0) is 37.1 Å². The molecular weight excluding hydrogens is 288 g/mol. The van der Waals surface area contributed by atoms with Crippen LogP contribution in [0.5, 0.6) is 0 Å². The van der Waals surface area contributed by atoms with Crippen LogP contribution in [0.2, 0.25) is 0 Å². The normalized spacial score (nSPS) is 10.9. The summed E-state index contributed by atoms with van der Waals surface area (Å²) < 4.78 is 1.86. The maximum Gasteiger partial charge on any atom is 0.251 e. The van der Waals surface area contributed by atoms with E-state index >= 15 is 0 Å². The number of hydrogen-bond donors (Lipinski definition) is 1. The van der Waals surface area contributed by atoms with Crippen LogP contribution in [0.25, 0.3) is 11.0 Å². The fraction of sp³-hybridized carbons (Fsp3) is 0.278. The average Bonchev–Trinajstić information content (AvgIpc) is 2.95. The van der Waals surface area contributed by atoms with E-state index in [-0.39, 0.29) is 5.91 Å². The predicted molar refractivity (Wildman–Crippen MR) is 90.2 cm³/mol. The van der Waals surface area contributed by atoms with E-state index in [1.807, 2.05) is 41.9 Å². The highest BCUT2D eigenvalue weighted by Gasteiger charge is 2.10. The van der Waals surface area contributed by atoms with Gasteiger partial charge in [0.15, 0.2) is 0 Å². The van der Waals surface area contributed by atoms with Gasteiger partial charge in [-0.2, -0.15) is 0 Å². The van der Waals surface area contributed by atoms with E-state index in [1.54, 1.807) is 6.07 Å².